The molecule has 0 saturated heterocycles. The summed E-state index contributed by atoms with van der Waals surface area (Å²) >= 11 is 0. The van der Waals surface area contributed by atoms with Gasteiger partial charge in [-0.05, 0) is 37.1 Å². The molecule has 2 amide bonds. The van der Waals surface area contributed by atoms with Gasteiger partial charge in [0.15, 0.2) is 0 Å². The lowest BCUT2D eigenvalue weighted by Crippen LogP contribution is -2.29. The third kappa shape index (κ3) is 14.3. The zero-order valence-electron chi connectivity index (χ0n) is 19.6. The summed E-state index contributed by atoms with van der Waals surface area (Å²) in [6, 6.07) is 4.77. The van der Waals surface area contributed by atoms with Gasteiger partial charge in [0.05, 0.1) is 0 Å². The largest absolute Gasteiger partial charge is 0.508 e. The highest BCUT2D eigenvalue weighted by Gasteiger charge is 2.04. The van der Waals surface area contributed by atoms with Crippen LogP contribution in [0.5, 0.6) is 5.75 Å². The van der Waals surface area contributed by atoms with Gasteiger partial charge in [-0.2, -0.15) is 0 Å². The number of amides is 2. The van der Waals surface area contributed by atoms with Gasteiger partial charge in [-0.3, -0.25) is 0 Å². The lowest BCUT2D eigenvalue weighted by atomic mass is 10.0. The Labute approximate surface area is 185 Å². The van der Waals surface area contributed by atoms with Crippen LogP contribution >= 0.6 is 0 Å². The van der Waals surface area contributed by atoms with Gasteiger partial charge in [0, 0.05) is 12.2 Å². The molecule has 172 valence electrons. The fraction of sp³-hybridized carbons (Fsp3) is 0.731. The maximum absolute atomic E-state index is 11.9. The molecule has 0 aromatic heterocycles. The molecule has 0 atom stereocenters. The molecule has 0 aliphatic rings. The average Bonchev–Trinajstić information content (AvgIpc) is 2.72. The first kappa shape index (κ1) is 26.3. The molecular weight excluding hydrogens is 372 g/mol. The second-order valence-corrected chi connectivity index (χ2v) is 8.68. The molecule has 4 nitrogen and oxygen atoms in total. The number of anilines is 1. The van der Waals surface area contributed by atoms with Gasteiger partial charge in [0.1, 0.15) is 5.75 Å². The van der Waals surface area contributed by atoms with Crippen molar-refractivity contribution in [2.45, 2.75) is 117 Å². The van der Waals surface area contributed by atoms with E-state index in [1.165, 1.54) is 96.3 Å². The summed E-state index contributed by atoms with van der Waals surface area (Å²) in [5.74, 6) is 0.214. The van der Waals surface area contributed by atoms with E-state index in [0.717, 1.165) is 17.7 Å². The molecule has 0 spiro atoms. The normalized spacial score (nSPS) is 10.9. The van der Waals surface area contributed by atoms with E-state index in [-0.39, 0.29) is 11.8 Å². The minimum atomic E-state index is -0.176. The quantitative estimate of drug-likeness (QED) is 0.167. The van der Waals surface area contributed by atoms with Gasteiger partial charge in [0.25, 0.3) is 0 Å². The van der Waals surface area contributed by atoms with Crippen LogP contribution in [-0.4, -0.2) is 17.7 Å². The number of urea groups is 1. The summed E-state index contributed by atoms with van der Waals surface area (Å²) in [5, 5.41) is 15.2. The van der Waals surface area contributed by atoms with Crippen LogP contribution in [-0.2, 0) is 0 Å². The third-order valence-electron chi connectivity index (χ3n) is 5.77. The number of benzene rings is 1. The zero-order chi connectivity index (χ0) is 21.9. The van der Waals surface area contributed by atoms with Gasteiger partial charge in [-0.1, -0.05) is 103 Å². The molecule has 4 heteroatoms. The minimum Gasteiger partial charge on any atom is -0.508 e. The summed E-state index contributed by atoms with van der Waals surface area (Å²) in [4.78, 5) is 11.9. The van der Waals surface area contributed by atoms with Crippen molar-refractivity contribution in [3.05, 3.63) is 23.8 Å². The first-order chi connectivity index (χ1) is 14.6. The highest BCUT2D eigenvalue weighted by molar-refractivity contribution is 5.90. The number of unbranched alkanes of at least 4 members (excludes halogenated alkanes) is 15. The fourth-order valence-electron chi connectivity index (χ4n) is 3.83. The monoisotopic (exact) mass is 418 g/mol. The Kier molecular flexibility index (Phi) is 15.9. The van der Waals surface area contributed by atoms with Crippen LogP contribution in [0, 0.1) is 6.92 Å². The molecule has 0 saturated carbocycles. The topological polar surface area (TPSA) is 61.4 Å². The number of hydrogen-bond acceptors (Lipinski definition) is 2. The molecule has 0 unspecified atom stereocenters. The van der Waals surface area contributed by atoms with Gasteiger partial charge in [-0.25, -0.2) is 4.79 Å². The zero-order valence-corrected chi connectivity index (χ0v) is 19.6. The Morgan fingerprint density at radius 3 is 1.70 bits per heavy atom. The number of hydrogen-bond donors (Lipinski definition) is 3. The number of rotatable bonds is 18. The van der Waals surface area contributed by atoms with Crippen molar-refractivity contribution in [3.8, 4) is 5.75 Å². The van der Waals surface area contributed by atoms with E-state index in [0.29, 0.717) is 6.54 Å². The van der Waals surface area contributed by atoms with Crippen molar-refractivity contribution in [3.63, 3.8) is 0 Å². The van der Waals surface area contributed by atoms with Gasteiger partial charge in [-0.15, -0.1) is 0 Å². The molecule has 1 aromatic carbocycles. The van der Waals surface area contributed by atoms with Crippen LogP contribution in [0.2, 0.25) is 0 Å². The number of phenols is 1. The predicted molar refractivity (Wildman–Crippen MR) is 129 cm³/mol. The molecular formula is C26H46N2O2. The standard InChI is InChI=1S/C26H46N2O2/c1-3-4-5-6-7-8-9-10-11-12-13-14-15-16-17-18-21-27-26(30)28-25-20-19-24(29)22-23(25)2/h19-20,22,29H,3-18,21H2,1-2H3,(H2,27,28,30). The maximum atomic E-state index is 11.9. The van der Waals surface area contributed by atoms with E-state index in [1.54, 1.807) is 18.2 Å². The summed E-state index contributed by atoms with van der Waals surface area (Å²) in [6.07, 6.45) is 21.7. The van der Waals surface area contributed by atoms with E-state index < -0.39 is 0 Å². The number of aryl methyl sites for hydroxylation is 1. The minimum absolute atomic E-state index is 0.176. The second-order valence-electron chi connectivity index (χ2n) is 8.68. The van der Waals surface area contributed by atoms with E-state index in [9.17, 15) is 9.90 Å². The Hall–Kier alpha value is -1.71. The number of carbonyl (C=O) groups is 1. The number of aromatic hydroxyl groups is 1. The Morgan fingerprint density at radius 2 is 1.23 bits per heavy atom. The van der Waals surface area contributed by atoms with Crippen molar-refractivity contribution >= 4 is 11.7 Å². The van der Waals surface area contributed by atoms with E-state index in [2.05, 4.69) is 17.6 Å². The predicted octanol–water partition coefficient (Wildman–Crippen LogP) is 8.08. The smallest absolute Gasteiger partial charge is 0.319 e. The van der Waals surface area contributed by atoms with Crippen molar-refractivity contribution in [2.75, 3.05) is 11.9 Å². The van der Waals surface area contributed by atoms with Crippen LogP contribution in [0.25, 0.3) is 0 Å². The summed E-state index contributed by atoms with van der Waals surface area (Å²) in [6.45, 7) is 4.85. The Bertz CT molecular complexity index is 560. The molecule has 0 radical (unpaired) electrons. The first-order valence-corrected chi connectivity index (χ1v) is 12.5. The lowest BCUT2D eigenvalue weighted by molar-refractivity contribution is 0.252. The maximum Gasteiger partial charge on any atom is 0.319 e. The highest BCUT2D eigenvalue weighted by Crippen LogP contribution is 2.20. The van der Waals surface area contributed by atoms with Crippen molar-refractivity contribution in [2.24, 2.45) is 0 Å². The van der Waals surface area contributed by atoms with Crippen molar-refractivity contribution in [1.82, 2.24) is 5.32 Å². The van der Waals surface area contributed by atoms with Crippen LogP contribution < -0.4 is 10.6 Å². The second kappa shape index (κ2) is 18.1. The Balaban J connectivity index is 1.82. The third-order valence-corrected chi connectivity index (χ3v) is 5.77. The molecule has 0 aliphatic heterocycles. The van der Waals surface area contributed by atoms with E-state index >= 15 is 0 Å². The van der Waals surface area contributed by atoms with E-state index in [1.807, 2.05) is 6.92 Å². The first-order valence-electron chi connectivity index (χ1n) is 12.5. The summed E-state index contributed by atoms with van der Waals surface area (Å²) in [7, 11) is 0. The van der Waals surface area contributed by atoms with Crippen LogP contribution in [0.1, 0.15) is 115 Å². The Morgan fingerprint density at radius 1 is 0.767 bits per heavy atom. The van der Waals surface area contributed by atoms with Crippen molar-refractivity contribution in [1.29, 1.82) is 0 Å². The number of carbonyl (C=O) groups excluding carboxylic acids is 1. The van der Waals surface area contributed by atoms with Gasteiger partial charge < -0.3 is 15.7 Å². The van der Waals surface area contributed by atoms with Gasteiger partial charge in [0.2, 0.25) is 0 Å². The van der Waals surface area contributed by atoms with Crippen LogP contribution in [0.3, 0.4) is 0 Å². The number of phenolic OH excluding ortho intramolecular Hbond substituents is 1. The molecule has 0 bridgehead atoms. The average molecular weight is 419 g/mol. The molecule has 30 heavy (non-hydrogen) atoms. The van der Waals surface area contributed by atoms with E-state index in [4.69, 9.17) is 0 Å². The molecule has 1 rings (SSSR count). The van der Waals surface area contributed by atoms with Crippen LogP contribution in [0.4, 0.5) is 10.5 Å². The van der Waals surface area contributed by atoms with Gasteiger partial charge >= 0.3 is 6.03 Å². The number of nitrogens with one attached hydrogen (secondary N) is 2. The van der Waals surface area contributed by atoms with Crippen molar-refractivity contribution < 1.29 is 9.90 Å². The fourth-order valence-corrected chi connectivity index (χ4v) is 3.83. The lowest BCUT2D eigenvalue weighted by Gasteiger charge is -2.10. The molecule has 0 heterocycles. The SMILES string of the molecule is CCCCCCCCCCCCCCCCCCNC(=O)Nc1ccc(O)cc1C. The molecule has 3 N–H and O–H groups in total. The highest BCUT2D eigenvalue weighted by atomic mass is 16.3. The summed E-state index contributed by atoms with van der Waals surface area (Å²) < 4.78 is 0. The molecule has 1 aromatic rings. The summed E-state index contributed by atoms with van der Waals surface area (Å²) in [5.41, 5.74) is 1.59. The van der Waals surface area contributed by atoms with Crippen LogP contribution in [0.15, 0.2) is 18.2 Å². The molecule has 0 fully saturated rings. The molecule has 0 aliphatic carbocycles.